The fourth-order valence-electron chi connectivity index (χ4n) is 3.25. The first kappa shape index (κ1) is 17.9. The molecule has 5 heteroatoms. The SMILES string of the molecule is CCOc1cc2c(cc1OCC)C(c1ccc(OC)cc1Cl)NCC2. The zero-order chi connectivity index (χ0) is 17.8. The highest BCUT2D eigenvalue weighted by molar-refractivity contribution is 6.31. The van der Waals surface area contributed by atoms with E-state index in [9.17, 15) is 0 Å². The normalized spacial score (nSPS) is 16.2. The van der Waals surface area contributed by atoms with Gasteiger partial charge in [-0.25, -0.2) is 0 Å². The van der Waals surface area contributed by atoms with Gasteiger partial charge in [0.25, 0.3) is 0 Å². The third-order valence-corrected chi connectivity index (χ3v) is 4.70. The molecule has 0 aliphatic carbocycles. The van der Waals surface area contributed by atoms with E-state index >= 15 is 0 Å². The zero-order valence-electron chi connectivity index (χ0n) is 14.9. The molecule has 0 aromatic heterocycles. The number of methoxy groups -OCH3 is 1. The molecule has 1 N–H and O–H groups in total. The molecule has 134 valence electrons. The topological polar surface area (TPSA) is 39.7 Å². The van der Waals surface area contributed by atoms with E-state index in [2.05, 4.69) is 17.4 Å². The summed E-state index contributed by atoms with van der Waals surface area (Å²) in [6.45, 7) is 6.06. The summed E-state index contributed by atoms with van der Waals surface area (Å²) in [4.78, 5) is 0. The van der Waals surface area contributed by atoms with Gasteiger partial charge in [0.05, 0.1) is 26.4 Å². The van der Waals surface area contributed by atoms with Crippen LogP contribution >= 0.6 is 11.6 Å². The van der Waals surface area contributed by atoms with Gasteiger partial charge in [-0.3, -0.25) is 0 Å². The highest BCUT2D eigenvalue weighted by atomic mass is 35.5. The van der Waals surface area contributed by atoms with Crippen LogP contribution in [0, 0.1) is 0 Å². The summed E-state index contributed by atoms with van der Waals surface area (Å²) in [6.07, 6.45) is 0.950. The van der Waals surface area contributed by atoms with Gasteiger partial charge in [-0.15, -0.1) is 0 Å². The summed E-state index contributed by atoms with van der Waals surface area (Å²) in [5.74, 6) is 2.34. The van der Waals surface area contributed by atoms with Gasteiger partial charge in [0.15, 0.2) is 11.5 Å². The van der Waals surface area contributed by atoms with Crippen LogP contribution in [0.4, 0.5) is 0 Å². The van der Waals surface area contributed by atoms with Crippen molar-refractivity contribution >= 4 is 11.6 Å². The lowest BCUT2D eigenvalue weighted by Gasteiger charge is -2.29. The number of rotatable bonds is 6. The van der Waals surface area contributed by atoms with Crippen molar-refractivity contribution in [3.05, 3.63) is 52.0 Å². The molecule has 0 radical (unpaired) electrons. The van der Waals surface area contributed by atoms with Gasteiger partial charge in [-0.1, -0.05) is 17.7 Å². The summed E-state index contributed by atoms with van der Waals surface area (Å²) in [7, 11) is 1.64. The Morgan fingerprint density at radius 2 is 1.76 bits per heavy atom. The van der Waals surface area contributed by atoms with Gasteiger partial charge in [-0.2, -0.15) is 0 Å². The molecule has 2 aromatic rings. The molecule has 0 saturated heterocycles. The maximum Gasteiger partial charge on any atom is 0.161 e. The predicted octanol–water partition coefficient (Wildman–Crippen LogP) is 4.38. The highest BCUT2D eigenvalue weighted by Gasteiger charge is 2.25. The number of fused-ring (bicyclic) bond motifs is 1. The van der Waals surface area contributed by atoms with E-state index in [0.29, 0.717) is 18.2 Å². The lowest BCUT2D eigenvalue weighted by Crippen LogP contribution is -2.31. The van der Waals surface area contributed by atoms with Gasteiger partial charge in [0.2, 0.25) is 0 Å². The Bertz CT molecular complexity index is 748. The van der Waals surface area contributed by atoms with E-state index in [1.54, 1.807) is 7.11 Å². The summed E-state index contributed by atoms with van der Waals surface area (Å²) in [6, 6.07) is 10.0. The quantitative estimate of drug-likeness (QED) is 0.828. The largest absolute Gasteiger partial charge is 0.497 e. The van der Waals surface area contributed by atoms with E-state index in [4.69, 9.17) is 25.8 Å². The van der Waals surface area contributed by atoms with Gasteiger partial charge in [-0.05, 0) is 61.2 Å². The minimum absolute atomic E-state index is 0.0250. The molecular weight excluding hydrogens is 338 g/mol. The lowest BCUT2D eigenvalue weighted by molar-refractivity contribution is 0.286. The first-order valence-electron chi connectivity index (χ1n) is 8.67. The van der Waals surface area contributed by atoms with Crippen molar-refractivity contribution in [2.75, 3.05) is 26.9 Å². The van der Waals surface area contributed by atoms with Crippen molar-refractivity contribution in [3.63, 3.8) is 0 Å². The Hall–Kier alpha value is -1.91. The van der Waals surface area contributed by atoms with Crippen LogP contribution < -0.4 is 19.5 Å². The van der Waals surface area contributed by atoms with Crippen molar-refractivity contribution in [1.29, 1.82) is 0 Å². The van der Waals surface area contributed by atoms with Crippen LogP contribution in [-0.4, -0.2) is 26.9 Å². The summed E-state index contributed by atoms with van der Waals surface area (Å²) < 4.78 is 16.8. The summed E-state index contributed by atoms with van der Waals surface area (Å²) in [5, 5.41) is 4.26. The Labute approximate surface area is 154 Å². The van der Waals surface area contributed by atoms with Crippen LogP contribution in [0.3, 0.4) is 0 Å². The molecule has 2 aromatic carbocycles. The van der Waals surface area contributed by atoms with Crippen LogP contribution in [-0.2, 0) is 6.42 Å². The summed E-state index contributed by atoms with van der Waals surface area (Å²) >= 11 is 6.51. The first-order valence-corrected chi connectivity index (χ1v) is 9.04. The zero-order valence-corrected chi connectivity index (χ0v) is 15.7. The molecule has 1 atom stereocenters. The van der Waals surface area contributed by atoms with Crippen LogP contribution in [0.15, 0.2) is 30.3 Å². The van der Waals surface area contributed by atoms with Gasteiger partial charge in [0, 0.05) is 11.6 Å². The minimum Gasteiger partial charge on any atom is -0.497 e. The Morgan fingerprint density at radius 3 is 2.40 bits per heavy atom. The molecule has 0 fully saturated rings. The molecule has 0 bridgehead atoms. The minimum atomic E-state index is 0.0250. The molecule has 4 nitrogen and oxygen atoms in total. The second-order valence-electron chi connectivity index (χ2n) is 5.89. The van der Waals surface area contributed by atoms with Crippen molar-refractivity contribution in [3.8, 4) is 17.2 Å². The van der Waals surface area contributed by atoms with Crippen LogP contribution in [0.1, 0.15) is 36.6 Å². The third kappa shape index (κ3) is 3.70. The number of hydrogen-bond acceptors (Lipinski definition) is 4. The molecule has 1 unspecified atom stereocenters. The molecule has 0 amide bonds. The van der Waals surface area contributed by atoms with Crippen molar-refractivity contribution in [2.45, 2.75) is 26.3 Å². The van der Waals surface area contributed by atoms with Crippen molar-refractivity contribution in [1.82, 2.24) is 5.32 Å². The van der Waals surface area contributed by atoms with Gasteiger partial charge < -0.3 is 19.5 Å². The van der Waals surface area contributed by atoms with E-state index in [1.165, 1.54) is 11.1 Å². The molecule has 0 saturated carbocycles. The number of halogens is 1. The standard InChI is InChI=1S/C20H24ClNO3/c1-4-24-18-10-13-8-9-22-20(16(13)12-19(18)25-5-2)15-7-6-14(23-3)11-17(15)21/h6-7,10-12,20,22H,4-5,8-9H2,1-3H3. The summed E-state index contributed by atoms with van der Waals surface area (Å²) in [5.41, 5.74) is 3.49. The second-order valence-corrected chi connectivity index (χ2v) is 6.30. The Kier molecular flexibility index (Phi) is 5.71. The van der Waals surface area contributed by atoms with Gasteiger partial charge >= 0.3 is 0 Å². The van der Waals surface area contributed by atoms with Crippen molar-refractivity contribution in [2.24, 2.45) is 0 Å². The van der Waals surface area contributed by atoms with Crippen LogP contribution in [0.5, 0.6) is 17.2 Å². The molecule has 1 aliphatic rings. The number of benzene rings is 2. The Balaban J connectivity index is 2.05. The van der Waals surface area contributed by atoms with E-state index < -0.39 is 0 Å². The highest BCUT2D eigenvalue weighted by Crippen LogP contribution is 2.40. The fourth-order valence-corrected chi connectivity index (χ4v) is 3.53. The molecule has 1 aliphatic heterocycles. The van der Waals surface area contributed by atoms with E-state index in [0.717, 1.165) is 35.8 Å². The maximum atomic E-state index is 6.51. The number of hydrogen-bond donors (Lipinski definition) is 1. The lowest BCUT2D eigenvalue weighted by atomic mass is 9.89. The van der Waals surface area contributed by atoms with E-state index in [-0.39, 0.29) is 6.04 Å². The predicted molar refractivity (Wildman–Crippen MR) is 100 cm³/mol. The first-order chi connectivity index (χ1) is 12.2. The monoisotopic (exact) mass is 361 g/mol. The smallest absolute Gasteiger partial charge is 0.161 e. The molecular formula is C20H24ClNO3. The molecule has 1 heterocycles. The van der Waals surface area contributed by atoms with Crippen LogP contribution in [0.25, 0.3) is 0 Å². The van der Waals surface area contributed by atoms with Crippen LogP contribution in [0.2, 0.25) is 5.02 Å². The van der Waals surface area contributed by atoms with Crippen molar-refractivity contribution < 1.29 is 14.2 Å². The Morgan fingerprint density at radius 1 is 1.04 bits per heavy atom. The number of nitrogens with one attached hydrogen (secondary N) is 1. The average Bonchev–Trinajstić information content (AvgIpc) is 2.62. The fraction of sp³-hybridized carbons (Fsp3) is 0.400. The third-order valence-electron chi connectivity index (χ3n) is 4.38. The maximum absolute atomic E-state index is 6.51. The molecule has 3 rings (SSSR count). The second kappa shape index (κ2) is 7.98. The molecule has 25 heavy (non-hydrogen) atoms. The van der Waals surface area contributed by atoms with Gasteiger partial charge in [0.1, 0.15) is 5.75 Å². The number of ether oxygens (including phenoxy) is 3. The average molecular weight is 362 g/mol. The van der Waals surface area contributed by atoms with E-state index in [1.807, 2.05) is 32.0 Å². The molecule has 0 spiro atoms.